The summed E-state index contributed by atoms with van der Waals surface area (Å²) in [5, 5.41) is 6.59. The van der Waals surface area contributed by atoms with Crippen LogP contribution in [0.2, 0.25) is 0 Å². The second kappa shape index (κ2) is 6.60. The molecule has 0 aromatic carbocycles. The maximum atomic E-state index is 11.9. The lowest BCUT2D eigenvalue weighted by atomic mass is 9.92. The highest BCUT2D eigenvalue weighted by Crippen LogP contribution is 2.36. The van der Waals surface area contributed by atoms with Crippen LogP contribution in [0.1, 0.15) is 39.5 Å². The highest BCUT2D eigenvalue weighted by Gasteiger charge is 2.33. The number of hydrogen-bond acceptors (Lipinski definition) is 2. The number of amides is 1. The van der Waals surface area contributed by atoms with Crippen molar-refractivity contribution >= 4 is 18.3 Å². The van der Waals surface area contributed by atoms with Gasteiger partial charge in [-0.3, -0.25) is 4.79 Å². The van der Waals surface area contributed by atoms with Crippen LogP contribution >= 0.6 is 12.4 Å². The predicted octanol–water partition coefficient (Wildman–Crippen LogP) is 1.96. The van der Waals surface area contributed by atoms with Gasteiger partial charge in [0.2, 0.25) is 5.91 Å². The van der Waals surface area contributed by atoms with Gasteiger partial charge in [0, 0.05) is 12.0 Å². The lowest BCUT2D eigenvalue weighted by molar-refractivity contribution is -0.126. The van der Waals surface area contributed by atoms with Crippen LogP contribution in [0.5, 0.6) is 0 Å². The Labute approximate surface area is 111 Å². The first-order valence-electron chi connectivity index (χ1n) is 6.69. The Bertz CT molecular complexity index is 250. The van der Waals surface area contributed by atoms with E-state index in [9.17, 15) is 4.79 Å². The summed E-state index contributed by atoms with van der Waals surface area (Å²) in [6.45, 7) is 6.41. The van der Waals surface area contributed by atoms with Gasteiger partial charge in [-0.1, -0.05) is 6.92 Å². The number of carbonyl (C=O) groups excluding carboxylic acids is 1. The molecule has 4 heteroatoms. The zero-order valence-corrected chi connectivity index (χ0v) is 11.7. The molecule has 17 heavy (non-hydrogen) atoms. The maximum absolute atomic E-state index is 11.9. The van der Waals surface area contributed by atoms with Crippen LogP contribution in [-0.4, -0.2) is 25.0 Å². The molecule has 1 saturated heterocycles. The summed E-state index contributed by atoms with van der Waals surface area (Å²) in [6, 6.07) is 0.321. The molecule has 3 atom stereocenters. The van der Waals surface area contributed by atoms with Crippen LogP contribution in [0.25, 0.3) is 0 Å². The molecule has 2 N–H and O–H groups in total. The van der Waals surface area contributed by atoms with E-state index in [0.29, 0.717) is 17.9 Å². The molecule has 1 heterocycles. The fourth-order valence-electron chi connectivity index (χ4n) is 2.59. The van der Waals surface area contributed by atoms with Crippen molar-refractivity contribution in [2.75, 3.05) is 13.1 Å². The van der Waals surface area contributed by atoms with Gasteiger partial charge in [-0.15, -0.1) is 12.4 Å². The Kier molecular flexibility index (Phi) is 5.74. The van der Waals surface area contributed by atoms with E-state index in [1.165, 1.54) is 25.7 Å². The van der Waals surface area contributed by atoms with Gasteiger partial charge in [-0.25, -0.2) is 0 Å². The second-order valence-corrected chi connectivity index (χ2v) is 5.53. The number of rotatable bonds is 4. The molecule has 3 nitrogen and oxygen atoms in total. The largest absolute Gasteiger partial charge is 0.353 e. The minimum Gasteiger partial charge on any atom is -0.353 e. The van der Waals surface area contributed by atoms with Crippen molar-refractivity contribution in [2.24, 2.45) is 17.8 Å². The molecule has 1 amide bonds. The van der Waals surface area contributed by atoms with E-state index < -0.39 is 0 Å². The van der Waals surface area contributed by atoms with E-state index >= 15 is 0 Å². The van der Waals surface area contributed by atoms with Gasteiger partial charge in [0.1, 0.15) is 0 Å². The van der Waals surface area contributed by atoms with Crippen LogP contribution in [0, 0.1) is 17.8 Å². The van der Waals surface area contributed by atoms with E-state index in [4.69, 9.17) is 0 Å². The third kappa shape index (κ3) is 4.14. The van der Waals surface area contributed by atoms with Crippen molar-refractivity contribution in [3.63, 3.8) is 0 Å². The van der Waals surface area contributed by atoms with Crippen molar-refractivity contribution < 1.29 is 4.79 Å². The number of carbonyl (C=O) groups is 1. The van der Waals surface area contributed by atoms with E-state index in [1.807, 2.05) is 0 Å². The first kappa shape index (κ1) is 14.8. The Morgan fingerprint density at radius 2 is 1.94 bits per heavy atom. The minimum atomic E-state index is 0. The smallest absolute Gasteiger partial charge is 0.223 e. The highest BCUT2D eigenvalue weighted by molar-refractivity contribution is 5.85. The molecular weight excluding hydrogens is 236 g/mol. The SMILES string of the molecule is CC(NC(=O)C(C)C1CC1)C1CCCNC1.Cl. The third-order valence-corrected chi connectivity index (χ3v) is 4.15. The number of halogens is 1. The molecule has 2 rings (SSSR count). The van der Waals surface area contributed by atoms with Crippen LogP contribution in [0.3, 0.4) is 0 Å². The van der Waals surface area contributed by atoms with Crippen LogP contribution in [-0.2, 0) is 4.79 Å². The molecule has 2 fully saturated rings. The van der Waals surface area contributed by atoms with Crippen molar-refractivity contribution in [3.05, 3.63) is 0 Å². The average Bonchev–Trinajstić information content (AvgIpc) is 3.13. The van der Waals surface area contributed by atoms with E-state index in [2.05, 4.69) is 24.5 Å². The van der Waals surface area contributed by atoms with Gasteiger partial charge in [0.05, 0.1) is 0 Å². The summed E-state index contributed by atoms with van der Waals surface area (Å²) in [5.74, 6) is 1.76. The summed E-state index contributed by atoms with van der Waals surface area (Å²) in [6.07, 6.45) is 4.97. The van der Waals surface area contributed by atoms with Crippen LogP contribution in [0.4, 0.5) is 0 Å². The Balaban J connectivity index is 0.00000144. The molecule has 0 aromatic rings. The number of piperidine rings is 1. The van der Waals surface area contributed by atoms with Crippen LogP contribution in [0.15, 0.2) is 0 Å². The first-order chi connectivity index (χ1) is 7.68. The zero-order valence-electron chi connectivity index (χ0n) is 10.9. The molecule has 1 aliphatic heterocycles. The second-order valence-electron chi connectivity index (χ2n) is 5.53. The molecule has 100 valence electrons. The van der Waals surface area contributed by atoms with Gasteiger partial charge in [-0.2, -0.15) is 0 Å². The van der Waals surface area contributed by atoms with Gasteiger partial charge in [-0.05, 0) is 57.5 Å². The van der Waals surface area contributed by atoms with Gasteiger partial charge < -0.3 is 10.6 Å². The lowest BCUT2D eigenvalue weighted by Gasteiger charge is -2.29. The Morgan fingerprint density at radius 1 is 1.24 bits per heavy atom. The van der Waals surface area contributed by atoms with E-state index in [1.54, 1.807) is 0 Å². The lowest BCUT2D eigenvalue weighted by Crippen LogP contribution is -2.46. The molecule has 0 spiro atoms. The van der Waals surface area contributed by atoms with Crippen molar-refractivity contribution in [3.8, 4) is 0 Å². The monoisotopic (exact) mass is 260 g/mol. The summed E-state index contributed by atoms with van der Waals surface area (Å²) >= 11 is 0. The van der Waals surface area contributed by atoms with Crippen molar-refractivity contribution in [1.29, 1.82) is 0 Å². The molecule has 0 radical (unpaired) electrons. The zero-order chi connectivity index (χ0) is 11.5. The van der Waals surface area contributed by atoms with Gasteiger partial charge >= 0.3 is 0 Å². The average molecular weight is 261 g/mol. The fraction of sp³-hybridized carbons (Fsp3) is 0.923. The van der Waals surface area contributed by atoms with E-state index in [0.717, 1.165) is 13.1 Å². The standard InChI is InChI=1S/C13H24N2O.ClH/c1-9(11-5-6-11)13(16)15-10(2)12-4-3-7-14-8-12;/h9-12,14H,3-8H2,1-2H3,(H,15,16);1H. The predicted molar refractivity (Wildman–Crippen MR) is 72.3 cm³/mol. The number of nitrogens with one attached hydrogen (secondary N) is 2. The normalized spacial score (nSPS) is 27.8. The minimum absolute atomic E-state index is 0. The molecule has 1 aliphatic carbocycles. The van der Waals surface area contributed by atoms with Gasteiger partial charge in [0.15, 0.2) is 0 Å². The van der Waals surface area contributed by atoms with E-state index in [-0.39, 0.29) is 24.2 Å². The van der Waals surface area contributed by atoms with Crippen molar-refractivity contribution in [2.45, 2.75) is 45.6 Å². The molecule has 3 unspecified atom stereocenters. The fourth-order valence-corrected chi connectivity index (χ4v) is 2.59. The van der Waals surface area contributed by atoms with Crippen LogP contribution < -0.4 is 10.6 Å². The molecule has 1 saturated carbocycles. The summed E-state index contributed by atoms with van der Waals surface area (Å²) in [4.78, 5) is 11.9. The summed E-state index contributed by atoms with van der Waals surface area (Å²) < 4.78 is 0. The summed E-state index contributed by atoms with van der Waals surface area (Å²) in [7, 11) is 0. The van der Waals surface area contributed by atoms with Gasteiger partial charge in [0.25, 0.3) is 0 Å². The number of hydrogen-bond donors (Lipinski definition) is 2. The highest BCUT2D eigenvalue weighted by atomic mass is 35.5. The quantitative estimate of drug-likeness (QED) is 0.811. The Morgan fingerprint density at radius 3 is 2.47 bits per heavy atom. The molecule has 2 aliphatic rings. The summed E-state index contributed by atoms with van der Waals surface area (Å²) in [5.41, 5.74) is 0. The molecule has 0 aromatic heterocycles. The first-order valence-corrected chi connectivity index (χ1v) is 6.69. The molecule has 0 bridgehead atoms. The topological polar surface area (TPSA) is 41.1 Å². The third-order valence-electron chi connectivity index (χ3n) is 4.15. The molecular formula is C13H25ClN2O. The van der Waals surface area contributed by atoms with Crippen molar-refractivity contribution in [1.82, 2.24) is 10.6 Å². The maximum Gasteiger partial charge on any atom is 0.223 e. The Hall–Kier alpha value is -0.280.